The fourth-order valence-electron chi connectivity index (χ4n) is 2.62. The van der Waals surface area contributed by atoms with Gasteiger partial charge in [0.1, 0.15) is 15.7 Å². The molecule has 20 heavy (non-hydrogen) atoms. The molecule has 6 nitrogen and oxygen atoms in total. The smallest absolute Gasteiger partial charge is 0.171 e. The molecule has 2 aromatic rings. The van der Waals surface area contributed by atoms with Crippen LogP contribution in [0, 0.1) is 5.92 Å². The minimum Gasteiger partial charge on any atom is -0.298 e. The van der Waals surface area contributed by atoms with Gasteiger partial charge in [0, 0.05) is 12.6 Å². The number of sulfone groups is 1. The quantitative estimate of drug-likeness (QED) is 0.786. The van der Waals surface area contributed by atoms with Crippen LogP contribution in [0.1, 0.15) is 29.0 Å². The van der Waals surface area contributed by atoms with Crippen molar-refractivity contribution < 1.29 is 13.2 Å². The summed E-state index contributed by atoms with van der Waals surface area (Å²) in [6.45, 7) is 0. The van der Waals surface area contributed by atoms with E-state index >= 15 is 0 Å². The predicted molar refractivity (Wildman–Crippen MR) is 73.5 cm³/mol. The molecule has 1 aliphatic rings. The van der Waals surface area contributed by atoms with Crippen LogP contribution in [0.4, 0.5) is 0 Å². The molecule has 0 spiro atoms. The number of hydrogen-bond donors (Lipinski definition) is 0. The fraction of sp³-hybridized carbons (Fsp3) is 0.462. The number of carbonyl (C=O) groups excluding carboxylic acids is 1. The average molecular weight is 293 g/mol. The van der Waals surface area contributed by atoms with E-state index in [2.05, 4.69) is 10.2 Å². The van der Waals surface area contributed by atoms with Crippen molar-refractivity contribution >= 4 is 21.8 Å². The SMILES string of the molecule is O=Cc1cccn2c(CC3CCS(=O)(=O)CC3)nnc12. The number of rotatable bonds is 3. The molecular formula is C13H15N3O3S. The second kappa shape index (κ2) is 4.97. The average Bonchev–Trinajstić information content (AvgIpc) is 2.84. The van der Waals surface area contributed by atoms with Gasteiger partial charge in [-0.3, -0.25) is 9.20 Å². The Kier molecular flexibility index (Phi) is 3.29. The second-order valence-corrected chi connectivity index (χ2v) is 7.49. The van der Waals surface area contributed by atoms with Crippen molar-refractivity contribution in [3.63, 3.8) is 0 Å². The molecule has 7 heteroatoms. The van der Waals surface area contributed by atoms with E-state index in [0.717, 1.165) is 12.1 Å². The molecule has 0 radical (unpaired) electrons. The van der Waals surface area contributed by atoms with Gasteiger partial charge in [-0.2, -0.15) is 0 Å². The largest absolute Gasteiger partial charge is 0.298 e. The first kappa shape index (κ1) is 13.2. The highest BCUT2D eigenvalue weighted by atomic mass is 32.2. The summed E-state index contributed by atoms with van der Waals surface area (Å²) in [6.07, 6.45) is 4.63. The highest BCUT2D eigenvalue weighted by Crippen LogP contribution is 2.22. The van der Waals surface area contributed by atoms with Crippen molar-refractivity contribution in [1.29, 1.82) is 0 Å². The molecule has 0 saturated carbocycles. The van der Waals surface area contributed by atoms with E-state index in [1.54, 1.807) is 12.1 Å². The molecule has 0 bridgehead atoms. The number of nitrogens with zero attached hydrogens (tertiary/aromatic N) is 3. The highest BCUT2D eigenvalue weighted by Gasteiger charge is 2.25. The molecule has 0 aromatic carbocycles. The summed E-state index contributed by atoms with van der Waals surface area (Å²) in [7, 11) is -2.84. The minimum absolute atomic E-state index is 0.258. The summed E-state index contributed by atoms with van der Waals surface area (Å²) in [5.74, 6) is 1.61. The number of pyridine rings is 1. The van der Waals surface area contributed by atoms with Crippen molar-refractivity contribution in [3.8, 4) is 0 Å². The molecule has 3 heterocycles. The lowest BCUT2D eigenvalue weighted by atomic mass is 9.98. The van der Waals surface area contributed by atoms with Gasteiger partial charge in [0.05, 0.1) is 17.1 Å². The van der Waals surface area contributed by atoms with Crippen molar-refractivity contribution in [2.45, 2.75) is 19.3 Å². The first-order valence-corrected chi connectivity index (χ1v) is 8.39. The molecule has 0 atom stereocenters. The Hall–Kier alpha value is -1.76. The number of aldehydes is 1. The Morgan fingerprint density at radius 3 is 2.75 bits per heavy atom. The molecule has 3 rings (SSSR count). The van der Waals surface area contributed by atoms with Crippen LogP contribution >= 0.6 is 0 Å². The van der Waals surface area contributed by atoms with Crippen LogP contribution in [0.3, 0.4) is 0 Å². The van der Waals surface area contributed by atoms with Crippen LogP contribution in [0.5, 0.6) is 0 Å². The summed E-state index contributed by atoms with van der Waals surface area (Å²) < 4.78 is 24.7. The monoisotopic (exact) mass is 293 g/mol. The van der Waals surface area contributed by atoms with E-state index in [0.29, 0.717) is 36.4 Å². The number of aromatic nitrogens is 3. The van der Waals surface area contributed by atoms with Gasteiger partial charge in [0.25, 0.3) is 0 Å². The summed E-state index contributed by atoms with van der Waals surface area (Å²) >= 11 is 0. The molecule has 0 amide bonds. The van der Waals surface area contributed by atoms with Crippen molar-refractivity contribution in [2.24, 2.45) is 5.92 Å². The fourth-order valence-corrected chi connectivity index (χ4v) is 4.21. The minimum atomic E-state index is -2.84. The first-order chi connectivity index (χ1) is 9.59. The Morgan fingerprint density at radius 1 is 1.30 bits per heavy atom. The molecule has 0 N–H and O–H groups in total. The van der Waals surface area contributed by atoms with Gasteiger partial charge >= 0.3 is 0 Å². The maximum absolute atomic E-state index is 11.4. The van der Waals surface area contributed by atoms with Gasteiger partial charge in [-0.05, 0) is 30.9 Å². The standard InChI is InChI=1S/C13H15N3O3S/c17-9-11-2-1-5-16-12(14-15-13(11)16)8-10-3-6-20(18,19)7-4-10/h1-2,5,9-10H,3-4,6-8H2. The van der Waals surface area contributed by atoms with E-state index in [1.165, 1.54) is 0 Å². The molecule has 1 aliphatic heterocycles. The predicted octanol–water partition coefficient (Wildman–Crippen LogP) is 0.909. The van der Waals surface area contributed by atoms with Gasteiger partial charge in [-0.15, -0.1) is 10.2 Å². The summed E-state index contributed by atoms with van der Waals surface area (Å²) in [4.78, 5) is 10.9. The molecule has 106 valence electrons. The maximum Gasteiger partial charge on any atom is 0.171 e. The van der Waals surface area contributed by atoms with E-state index in [4.69, 9.17) is 0 Å². The molecule has 2 aromatic heterocycles. The van der Waals surface area contributed by atoms with E-state index in [9.17, 15) is 13.2 Å². The molecule has 0 unspecified atom stereocenters. The normalized spacial score (nSPS) is 19.2. The van der Waals surface area contributed by atoms with Crippen LogP contribution in [0.2, 0.25) is 0 Å². The first-order valence-electron chi connectivity index (χ1n) is 6.57. The summed E-state index contributed by atoms with van der Waals surface area (Å²) in [5.41, 5.74) is 1.07. The third kappa shape index (κ3) is 2.45. The van der Waals surface area contributed by atoms with Crippen LogP contribution in [0.25, 0.3) is 5.65 Å². The highest BCUT2D eigenvalue weighted by molar-refractivity contribution is 7.91. The number of hydrogen-bond acceptors (Lipinski definition) is 5. The molecule has 1 fully saturated rings. The third-order valence-corrected chi connectivity index (χ3v) is 5.52. The second-order valence-electron chi connectivity index (χ2n) is 5.19. The van der Waals surface area contributed by atoms with E-state index in [1.807, 2.05) is 10.6 Å². The molecular weight excluding hydrogens is 278 g/mol. The van der Waals surface area contributed by atoms with Crippen LogP contribution in [-0.4, -0.2) is 40.8 Å². The van der Waals surface area contributed by atoms with Crippen molar-refractivity contribution in [3.05, 3.63) is 29.7 Å². The van der Waals surface area contributed by atoms with Crippen LogP contribution in [0.15, 0.2) is 18.3 Å². The third-order valence-electron chi connectivity index (χ3n) is 3.81. The Labute approximate surface area is 116 Å². The van der Waals surface area contributed by atoms with Crippen LogP contribution < -0.4 is 0 Å². The van der Waals surface area contributed by atoms with E-state index in [-0.39, 0.29) is 11.5 Å². The van der Waals surface area contributed by atoms with Crippen LogP contribution in [-0.2, 0) is 16.3 Å². The van der Waals surface area contributed by atoms with Gasteiger partial charge < -0.3 is 0 Å². The summed E-state index contributed by atoms with van der Waals surface area (Å²) in [5, 5.41) is 8.19. The van der Waals surface area contributed by atoms with E-state index < -0.39 is 9.84 Å². The Bertz CT molecular complexity index is 737. The lowest BCUT2D eigenvalue weighted by molar-refractivity contribution is 0.112. The zero-order valence-corrected chi connectivity index (χ0v) is 11.7. The number of fused-ring (bicyclic) bond motifs is 1. The Balaban J connectivity index is 1.84. The summed E-state index contributed by atoms with van der Waals surface area (Å²) in [6, 6.07) is 3.49. The lowest BCUT2D eigenvalue weighted by Crippen LogP contribution is -2.25. The molecule has 0 aliphatic carbocycles. The van der Waals surface area contributed by atoms with Crippen molar-refractivity contribution in [1.82, 2.24) is 14.6 Å². The van der Waals surface area contributed by atoms with Gasteiger partial charge in [-0.1, -0.05) is 0 Å². The zero-order chi connectivity index (χ0) is 14.2. The Morgan fingerprint density at radius 2 is 2.05 bits per heavy atom. The topological polar surface area (TPSA) is 81.4 Å². The van der Waals surface area contributed by atoms with Gasteiger partial charge in [0.15, 0.2) is 11.9 Å². The zero-order valence-electron chi connectivity index (χ0n) is 10.9. The molecule has 1 saturated heterocycles. The number of carbonyl (C=O) groups is 1. The lowest BCUT2D eigenvalue weighted by Gasteiger charge is -2.20. The van der Waals surface area contributed by atoms with Gasteiger partial charge in [0.2, 0.25) is 0 Å². The maximum atomic E-state index is 11.4. The van der Waals surface area contributed by atoms with Crippen molar-refractivity contribution in [2.75, 3.05) is 11.5 Å². The van der Waals surface area contributed by atoms with Gasteiger partial charge in [-0.25, -0.2) is 8.42 Å².